The fourth-order valence-corrected chi connectivity index (χ4v) is 2.14. The smallest absolute Gasteiger partial charge is 0.161 e. The average Bonchev–Trinajstić information content (AvgIpc) is 2.10. The molecule has 0 atom stereocenters. The second kappa shape index (κ2) is 11.1. The Labute approximate surface area is 78.6 Å². The van der Waals surface area contributed by atoms with Crippen LogP contribution in [0.4, 0.5) is 0 Å². The summed E-state index contributed by atoms with van der Waals surface area (Å²) in [5.74, 6) is 0. The van der Waals surface area contributed by atoms with Crippen molar-refractivity contribution in [2.75, 3.05) is 20.3 Å². The highest BCUT2D eigenvalue weighted by atomic mass is 28.2. The summed E-state index contributed by atoms with van der Waals surface area (Å²) in [6, 6.07) is 1.34. The maximum absolute atomic E-state index is 5.47. The van der Waals surface area contributed by atoms with Gasteiger partial charge in [-0.25, -0.2) is 0 Å². The summed E-state index contributed by atoms with van der Waals surface area (Å²) in [6.07, 6.45) is 5.46. The van der Waals surface area contributed by atoms with Gasteiger partial charge in [0.1, 0.15) is 0 Å². The van der Waals surface area contributed by atoms with Crippen LogP contribution in [-0.2, 0) is 9.16 Å². The third-order valence-electron chi connectivity index (χ3n) is 1.82. The second-order valence-corrected chi connectivity index (χ2v) is 4.54. The highest BCUT2D eigenvalue weighted by molar-refractivity contribution is 6.26. The van der Waals surface area contributed by atoms with Crippen molar-refractivity contribution in [2.45, 2.75) is 38.7 Å². The molecule has 74 valence electrons. The van der Waals surface area contributed by atoms with E-state index in [0.717, 1.165) is 13.2 Å². The molecular weight excluding hydrogens is 168 g/mol. The first-order chi connectivity index (χ1) is 5.91. The fraction of sp³-hybridized carbons (Fsp3) is 1.00. The van der Waals surface area contributed by atoms with Gasteiger partial charge in [0.15, 0.2) is 9.76 Å². The highest BCUT2D eigenvalue weighted by Gasteiger charge is 1.90. The monoisotopic (exact) mass is 190 g/mol. The van der Waals surface area contributed by atoms with Gasteiger partial charge in [-0.05, 0) is 6.04 Å². The zero-order valence-electron chi connectivity index (χ0n) is 8.47. The summed E-state index contributed by atoms with van der Waals surface area (Å²) in [5, 5.41) is 0. The number of hydrogen-bond donors (Lipinski definition) is 0. The lowest BCUT2D eigenvalue weighted by Gasteiger charge is -2.02. The first kappa shape index (κ1) is 12.1. The summed E-state index contributed by atoms with van der Waals surface area (Å²) < 4.78 is 10.4. The molecule has 0 bridgehead atoms. The van der Waals surface area contributed by atoms with Crippen LogP contribution < -0.4 is 0 Å². The van der Waals surface area contributed by atoms with Crippen molar-refractivity contribution in [3.8, 4) is 0 Å². The number of hydrogen-bond acceptors (Lipinski definition) is 2. The lowest BCUT2D eigenvalue weighted by Crippen LogP contribution is -2.05. The number of rotatable bonds is 9. The zero-order chi connectivity index (χ0) is 9.07. The van der Waals surface area contributed by atoms with Crippen LogP contribution in [0.1, 0.15) is 32.6 Å². The third kappa shape index (κ3) is 10.1. The summed E-state index contributed by atoms with van der Waals surface area (Å²) in [7, 11) is 1.50. The van der Waals surface area contributed by atoms with Gasteiger partial charge < -0.3 is 9.16 Å². The third-order valence-corrected chi connectivity index (χ3v) is 3.19. The molecule has 3 heteroatoms. The summed E-state index contributed by atoms with van der Waals surface area (Å²) in [4.78, 5) is 0. The van der Waals surface area contributed by atoms with E-state index in [2.05, 4.69) is 6.92 Å². The minimum atomic E-state index is -0.217. The number of unbranched alkanes of at least 4 members (excludes halogenated alkanes) is 3. The summed E-state index contributed by atoms with van der Waals surface area (Å²) >= 11 is 0. The molecule has 0 unspecified atom stereocenters. The van der Waals surface area contributed by atoms with Crippen molar-refractivity contribution in [2.24, 2.45) is 0 Å². The largest absolute Gasteiger partial charge is 0.422 e. The molecule has 0 aromatic carbocycles. The van der Waals surface area contributed by atoms with E-state index >= 15 is 0 Å². The Hall–Kier alpha value is 0.137. The lowest BCUT2D eigenvalue weighted by atomic mass is 10.2. The van der Waals surface area contributed by atoms with E-state index < -0.39 is 0 Å². The van der Waals surface area contributed by atoms with Crippen LogP contribution in [0.3, 0.4) is 0 Å². The first-order valence-electron chi connectivity index (χ1n) is 4.98. The van der Waals surface area contributed by atoms with E-state index in [9.17, 15) is 0 Å². The van der Waals surface area contributed by atoms with Crippen molar-refractivity contribution in [1.29, 1.82) is 0 Å². The number of methoxy groups -OCH3 is 1. The molecule has 0 aliphatic carbocycles. The molecule has 0 saturated heterocycles. The van der Waals surface area contributed by atoms with Crippen molar-refractivity contribution in [3.05, 3.63) is 0 Å². The van der Waals surface area contributed by atoms with E-state index in [1.54, 1.807) is 7.11 Å². The van der Waals surface area contributed by atoms with Gasteiger partial charge in [0.2, 0.25) is 0 Å². The Balaban J connectivity index is 2.73. The van der Waals surface area contributed by atoms with Crippen molar-refractivity contribution < 1.29 is 9.16 Å². The van der Waals surface area contributed by atoms with Gasteiger partial charge >= 0.3 is 0 Å². The summed E-state index contributed by atoms with van der Waals surface area (Å²) in [6.45, 7) is 3.80. The molecule has 0 aromatic rings. The number of ether oxygens (including phenoxy) is 1. The van der Waals surface area contributed by atoms with Gasteiger partial charge in [0.25, 0.3) is 0 Å². The van der Waals surface area contributed by atoms with E-state index in [0.29, 0.717) is 0 Å². The van der Waals surface area contributed by atoms with Crippen LogP contribution in [0.5, 0.6) is 0 Å². The molecule has 0 aliphatic rings. The van der Waals surface area contributed by atoms with Crippen LogP contribution in [0, 0.1) is 0 Å². The first-order valence-corrected chi connectivity index (χ1v) is 6.56. The Morgan fingerprint density at radius 2 is 1.92 bits per heavy atom. The molecule has 0 heterocycles. The van der Waals surface area contributed by atoms with Gasteiger partial charge in [-0.1, -0.05) is 32.6 Å². The Morgan fingerprint density at radius 3 is 2.58 bits per heavy atom. The second-order valence-electron chi connectivity index (χ2n) is 3.02. The van der Waals surface area contributed by atoms with E-state index in [-0.39, 0.29) is 9.76 Å². The molecule has 12 heavy (non-hydrogen) atoms. The Bertz CT molecular complexity index is 68.9. The van der Waals surface area contributed by atoms with Gasteiger partial charge in [0.05, 0.1) is 13.2 Å². The maximum Gasteiger partial charge on any atom is 0.161 e. The van der Waals surface area contributed by atoms with Crippen LogP contribution in [-0.4, -0.2) is 30.1 Å². The predicted molar refractivity (Wildman–Crippen MR) is 55.3 cm³/mol. The van der Waals surface area contributed by atoms with Crippen LogP contribution in [0.15, 0.2) is 0 Å². The average molecular weight is 190 g/mol. The molecular formula is C9H22O2Si. The molecule has 2 nitrogen and oxygen atoms in total. The minimum absolute atomic E-state index is 0.217. The molecule has 0 aromatic heterocycles. The van der Waals surface area contributed by atoms with Gasteiger partial charge in [-0.15, -0.1) is 0 Å². The zero-order valence-corrected chi connectivity index (χ0v) is 9.89. The Kier molecular flexibility index (Phi) is 11.3. The van der Waals surface area contributed by atoms with Gasteiger partial charge in [-0.3, -0.25) is 0 Å². The summed E-state index contributed by atoms with van der Waals surface area (Å²) in [5.41, 5.74) is 0. The van der Waals surface area contributed by atoms with E-state index in [1.807, 2.05) is 0 Å². The van der Waals surface area contributed by atoms with Crippen LogP contribution >= 0.6 is 0 Å². The SMILES string of the molecule is CCCCCC[SiH2]OCCOC. The van der Waals surface area contributed by atoms with Crippen LogP contribution in [0.25, 0.3) is 0 Å². The van der Waals surface area contributed by atoms with Crippen molar-refractivity contribution in [3.63, 3.8) is 0 Å². The standard InChI is InChI=1S/C9H22O2Si/c1-3-4-5-6-9-12-11-8-7-10-2/h3-9,12H2,1-2H3. The molecule has 0 saturated carbocycles. The van der Waals surface area contributed by atoms with E-state index in [1.165, 1.54) is 31.7 Å². The molecule has 0 N–H and O–H groups in total. The molecule has 0 radical (unpaired) electrons. The van der Waals surface area contributed by atoms with Gasteiger partial charge in [-0.2, -0.15) is 0 Å². The topological polar surface area (TPSA) is 18.5 Å². The van der Waals surface area contributed by atoms with Gasteiger partial charge in [0, 0.05) is 7.11 Å². The molecule has 0 rings (SSSR count). The molecule has 0 spiro atoms. The van der Waals surface area contributed by atoms with Crippen molar-refractivity contribution >= 4 is 9.76 Å². The lowest BCUT2D eigenvalue weighted by molar-refractivity contribution is 0.149. The molecule has 0 amide bonds. The van der Waals surface area contributed by atoms with E-state index in [4.69, 9.17) is 9.16 Å². The normalized spacial score (nSPS) is 11.5. The molecule has 0 aliphatic heterocycles. The quantitative estimate of drug-likeness (QED) is 0.407. The van der Waals surface area contributed by atoms with Crippen LogP contribution in [0.2, 0.25) is 6.04 Å². The molecule has 0 fully saturated rings. The van der Waals surface area contributed by atoms with Crippen molar-refractivity contribution in [1.82, 2.24) is 0 Å². The Morgan fingerprint density at radius 1 is 1.08 bits per heavy atom. The maximum atomic E-state index is 5.47. The fourth-order valence-electron chi connectivity index (χ4n) is 1.05. The highest BCUT2D eigenvalue weighted by Crippen LogP contribution is 2.01. The predicted octanol–water partition coefficient (Wildman–Crippen LogP) is 1.73. The minimum Gasteiger partial charge on any atom is -0.422 e.